The Hall–Kier alpha value is -0.940. The standard InChI is InChI=1S/C8H7BrFN3/c9-5-1-8-7(2-11)12-4-13(8)3-6(5)10/h1,3-4H,2,11H2. The molecule has 0 aliphatic rings. The molecule has 0 unspecified atom stereocenters. The van der Waals surface area contributed by atoms with E-state index in [2.05, 4.69) is 20.9 Å². The third-order valence-corrected chi connectivity index (χ3v) is 2.46. The van der Waals surface area contributed by atoms with E-state index in [-0.39, 0.29) is 5.82 Å². The van der Waals surface area contributed by atoms with Gasteiger partial charge in [0.25, 0.3) is 0 Å². The van der Waals surface area contributed by atoms with Crippen LogP contribution in [0.25, 0.3) is 5.52 Å². The largest absolute Gasteiger partial charge is 0.325 e. The molecule has 0 spiro atoms. The number of nitrogens with zero attached hydrogens (tertiary/aromatic N) is 2. The molecule has 3 nitrogen and oxygen atoms in total. The molecule has 0 aliphatic carbocycles. The van der Waals surface area contributed by atoms with E-state index < -0.39 is 0 Å². The zero-order chi connectivity index (χ0) is 9.42. The molecule has 5 heteroatoms. The first-order chi connectivity index (χ1) is 6.22. The third-order valence-electron chi connectivity index (χ3n) is 1.85. The monoisotopic (exact) mass is 243 g/mol. The lowest BCUT2D eigenvalue weighted by Crippen LogP contribution is -1.97. The molecule has 2 heterocycles. The van der Waals surface area contributed by atoms with Gasteiger partial charge in [-0.2, -0.15) is 0 Å². The molecule has 2 rings (SSSR count). The summed E-state index contributed by atoms with van der Waals surface area (Å²) < 4.78 is 15.1. The van der Waals surface area contributed by atoms with Crippen LogP contribution in [-0.2, 0) is 6.54 Å². The normalized spacial score (nSPS) is 11.0. The molecule has 0 amide bonds. The molecule has 0 saturated carbocycles. The van der Waals surface area contributed by atoms with Crippen LogP contribution in [-0.4, -0.2) is 9.38 Å². The second kappa shape index (κ2) is 3.08. The maximum absolute atomic E-state index is 13.0. The molecule has 2 aromatic heterocycles. The van der Waals surface area contributed by atoms with Crippen molar-refractivity contribution in [2.24, 2.45) is 5.73 Å². The number of hydrogen-bond acceptors (Lipinski definition) is 2. The lowest BCUT2D eigenvalue weighted by atomic mass is 10.3. The van der Waals surface area contributed by atoms with Crippen LogP contribution in [0.1, 0.15) is 5.69 Å². The van der Waals surface area contributed by atoms with Gasteiger partial charge in [-0.3, -0.25) is 0 Å². The van der Waals surface area contributed by atoms with Crippen molar-refractivity contribution in [1.82, 2.24) is 9.38 Å². The van der Waals surface area contributed by atoms with Crippen molar-refractivity contribution < 1.29 is 4.39 Å². The van der Waals surface area contributed by atoms with Crippen LogP contribution in [0.5, 0.6) is 0 Å². The van der Waals surface area contributed by atoms with Gasteiger partial charge in [-0.25, -0.2) is 9.37 Å². The molecular formula is C8H7BrFN3. The van der Waals surface area contributed by atoms with E-state index >= 15 is 0 Å². The third kappa shape index (κ3) is 1.34. The molecule has 0 saturated heterocycles. The van der Waals surface area contributed by atoms with Gasteiger partial charge < -0.3 is 10.1 Å². The lowest BCUT2D eigenvalue weighted by molar-refractivity contribution is 0.612. The molecule has 0 aromatic carbocycles. The summed E-state index contributed by atoms with van der Waals surface area (Å²) in [4.78, 5) is 4.05. The molecule has 0 aliphatic heterocycles. The number of nitrogens with two attached hydrogens (primary N) is 1. The Kier molecular flexibility index (Phi) is 2.05. The number of hydrogen-bond donors (Lipinski definition) is 1. The van der Waals surface area contributed by atoms with Crippen molar-refractivity contribution >= 4 is 21.4 Å². The Balaban J connectivity index is 2.77. The van der Waals surface area contributed by atoms with Crippen molar-refractivity contribution in [3.05, 3.63) is 34.6 Å². The maximum Gasteiger partial charge on any atom is 0.154 e. The first-order valence-electron chi connectivity index (χ1n) is 3.73. The molecule has 2 aromatic rings. The predicted octanol–water partition coefficient (Wildman–Crippen LogP) is 1.69. The number of pyridine rings is 1. The van der Waals surface area contributed by atoms with Crippen molar-refractivity contribution in [3.8, 4) is 0 Å². The highest BCUT2D eigenvalue weighted by atomic mass is 79.9. The van der Waals surface area contributed by atoms with Crippen molar-refractivity contribution in [2.45, 2.75) is 6.54 Å². The molecular weight excluding hydrogens is 237 g/mol. The Labute approximate surface area is 82.5 Å². The first kappa shape index (κ1) is 8.65. The average Bonchev–Trinajstić information content (AvgIpc) is 2.48. The Morgan fingerprint density at radius 2 is 2.38 bits per heavy atom. The highest BCUT2D eigenvalue weighted by molar-refractivity contribution is 9.10. The molecule has 68 valence electrons. The van der Waals surface area contributed by atoms with E-state index in [1.165, 1.54) is 6.20 Å². The average molecular weight is 244 g/mol. The molecule has 0 radical (unpaired) electrons. The summed E-state index contributed by atoms with van der Waals surface area (Å²) in [5, 5.41) is 0. The fourth-order valence-corrected chi connectivity index (χ4v) is 1.52. The minimum absolute atomic E-state index is 0.312. The maximum atomic E-state index is 13.0. The number of imidazole rings is 1. The smallest absolute Gasteiger partial charge is 0.154 e. The van der Waals surface area contributed by atoms with Gasteiger partial charge in [0.1, 0.15) is 0 Å². The lowest BCUT2D eigenvalue weighted by Gasteiger charge is -1.98. The van der Waals surface area contributed by atoms with Crippen LogP contribution in [0.3, 0.4) is 0 Å². The van der Waals surface area contributed by atoms with E-state index in [1.807, 2.05) is 0 Å². The van der Waals surface area contributed by atoms with Gasteiger partial charge in [0.2, 0.25) is 0 Å². The van der Waals surface area contributed by atoms with Gasteiger partial charge >= 0.3 is 0 Å². The summed E-state index contributed by atoms with van der Waals surface area (Å²) in [5.41, 5.74) is 7.06. The van der Waals surface area contributed by atoms with Crippen molar-refractivity contribution in [3.63, 3.8) is 0 Å². The van der Waals surface area contributed by atoms with Crippen LogP contribution in [0.15, 0.2) is 23.1 Å². The summed E-state index contributed by atoms with van der Waals surface area (Å²) in [6, 6.07) is 1.67. The Morgan fingerprint density at radius 1 is 1.62 bits per heavy atom. The number of rotatable bonds is 1. The van der Waals surface area contributed by atoms with Crippen molar-refractivity contribution in [1.29, 1.82) is 0 Å². The van der Waals surface area contributed by atoms with Gasteiger partial charge in [0, 0.05) is 12.7 Å². The second-order valence-electron chi connectivity index (χ2n) is 2.66. The van der Waals surface area contributed by atoms with E-state index in [0.29, 0.717) is 11.0 Å². The van der Waals surface area contributed by atoms with E-state index in [0.717, 1.165) is 11.2 Å². The quantitative estimate of drug-likeness (QED) is 0.829. The van der Waals surface area contributed by atoms with Crippen LogP contribution >= 0.6 is 15.9 Å². The first-order valence-corrected chi connectivity index (χ1v) is 4.52. The van der Waals surface area contributed by atoms with Crippen LogP contribution in [0.2, 0.25) is 0 Å². The van der Waals surface area contributed by atoms with Crippen molar-refractivity contribution in [2.75, 3.05) is 0 Å². The number of halogens is 2. The van der Waals surface area contributed by atoms with E-state index in [1.54, 1.807) is 16.8 Å². The van der Waals surface area contributed by atoms with Gasteiger partial charge in [-0.05, 0) is 22.0 Å². The fourth-order valence-electron chi connectivity index (χ4n) is 1.20. The summed E-state index contributed by atoms with van der Waals surface area (Å²) in [6.07, 6.45) is 2.92. The fraction of sp³-hybridized carbons (Fsp3) is 0.125. The van der Waals surface area contributed by atoms with Crippen LogP contribution in [0, 0.1) is 5.82 Å². The highest BCUT2D eigenvalue weighted by Gasteiger charge is 2.06. The van der Waals surface area contributed by atoms with Gasteiger partial charge in [-0.15, -0.1) is 0 Å². The van der Waals surface area contributed by atoms with Crippen LogP contribution < -0.4 is 5.73 Å². The zero-order valence-corrected chi connectivity index (χ0v) is 8.25. The van der Waals surface area contributed by atoms with Gasteiger partial charge in [-0.1, -0.05) is 0 Å². The van der Waals surface area contributed by atoms with E-state index in [4.69, 9.17) is 5.73 Å². The summed E-state index contributed by atoms with van der Waals surface area (Å²) >= 11 is 3.11. The Morgan fingerprint density at radius 3 is 3.08 bits per heavy atom. The molecule has 0 fully saturated rings. The van der Waals surface area contributed by atoms with Gasteiger partial charge in [0.15, 0.2) is 5.82 Å². The SMILES string of the molecule is NCc1ncn2cc(F)c(Br)cc12. The molecule has 0 bridgehead atoms. The van der Waals surface area contributed by atoms with Crippen LogP contribution in [0.4, 0.5) is 4.39 Å². The molecule has 2 N–H and O–H groups in total. The highest BCUT2D eigenvalue weighted by Crippen LogP contribution is 2.19. The second-order valence-corrected chi connectivity index (χ2v) is 3.51. The van der Waals surface area contributed by atoms with Gasteiger partial charge in [0.05, 0.1) is 22.0 Å². The Bertz CT molecular complexity index is 452. The summed E-state index contributed by atoms with van der Waals surface area (Å²) in [5.74, 6) is -0.312. The minimum Gasteiger partial charge on any atom is -0.325 e. The molecule has 0 atom stereocenters. The topological polar surface area (TPSA) is 43.3 Å². The minimum atomic E-state index is -0.312. The number of aromatic nitrogens is 2. The predicted molar refractivity (Wildman–Crippen MR) is 50.7 cm³/mol. The zero-order valence-electron chi connectivity index (χ0n) is 6.67. The van der Waals surface area contributed by atoms with E-state index in [9.17, 15) is 4.39 Å². The summed E-state index contributed by atoms with van der Waals surface area (Å²) in [7, 11) is 0. The summed E-state index contributed by atoms with van der Waals surface area (Å²) in [6.45, 7) is 0.356. The molecule has 13 heavy (non-hydrogen) atoms. The number of fused-ring (bicyclic) bond motifs is 1.